The monoisotopic (exact) mass is 155 g/mol. The van der Waals surface area contributed by atoms with Crippen LogP contribution in [0.25, 0.3) is 0 Å². The van der Waals surface area contributed by atoms with Gasteiger partial charge in [0.15, 0.2) is 0 Å². The van der Waals surface area contributed by atoms with Gasteiger partial charge in [0.2, 0.25) is 0 Å². The zero-order chi connectivity index (χ0) is 6.81. The van der Waals surface area contributed by atoms with Gasteiger partial charge in [-0.1, -0.05) is 0 Å². The summed E-state index contributed by atoms with van der Waals surface area (Å²) in [5.74, 6) is 0.881. The van der Waals surface area contributed by atoms with E-state index in [0.29, 0.717) is 0 Å². The molecular formula is C4H5N5S. The third kappa shape index (κ3) is 0.900. The highest BCUT2D eigenvalue weighted by Crippen LogP contribution is 2.27. The topological polar surface area (TPSA) is 66.3 Å². The van der Waals surface area contributed by atoms with Crippen molar-refractivity contribution in [1.29, 1.82) is 0 Å². The van der Waals surface area contributed by atoms with Gasteiger partial charge >= 0.3 is 0 Å². The minimum Gasteiger partial charge on any atom is -0.198 e. The zero-order valence-corrected chi connectivity index (χ0v) is 5.88. The molecule has 0 amide bonds. The van der Waals surface area contributed by atoms with E-state index in [0.717, 1.165) is 11.4 Å². The number of nitrogens with one attached hydrogen (secondary N) is 1. The number of H-pyrrole nitrogens is 1. The van der Waals surface area contributed by atoms with Crippen LogP contribution in [-0.4, -0.2) is 21.2 Å². The van der Waals surface area contributed by atoms with Crippen LogP contribution in [-0.2, 0) is 0 Å². The van der Waals surface area contributed by atoms with E-state index in [1.807, 2.05) is 0 Å². The molecule has 1 unspecified atom stereocenters. The van der Waals surface area contributed by atoms with Crippen molar-refractivity contribution >= 4 is 11.9 Å². The summed E-state index contributed by atoms with van der Waals surface area (Å²) in [6, 6.07) is 0.115. The van der Waals surface area contributed by atoms with Gasteiger partial charge < -0.3 is 0 Å². The highest BCUT2D eigenvalue weighted by atomic mass is 32.2. The minimum absolute atomic E-state index is 0.115. The van der Waals surface area contributed by atoms with Crippen molar-refractivity contribution in [1.82, 2.24) is 15.4 Å². The average Bonchev–Trinajstić information content (AvgIpc) is 2.59. The molecule has 1 atom stereocenters. The van der Waals surface area contributed by atoms with Crippen LogP contribution in [0, 0.1) is 0 Å². The lowest BCUT2D eigenvalue weighted by Crippen LogP contribution is -1.93. The van der Waals surface area contributed by atoms with E-state index in [-0.39, 0.29) is 6.04 Å². The van der Waals surface area contributed by atoms with Gasteiger partial charge in [-0.05, 0) is 11.9 Å². The molecule has 0 saturated carbocycles. The normalized spacial score (nSPS) is 23.8. The second-order valence-electron chi connectivity index (χ2n) is 1.90. The molecule has 0 aromatic carbocycles. The third-order valence-corrected chi connectivity index (χ3v) is 1.93. The molecule has 6 heteroatoms. The number of hydrogen-bond donors (Lipinski definition) is 1. The highest BCUT2D eigenvalue weighted by molar-refractivity contribution is 7.98. The van der Waals surface area contributed by atoms with Gasteiger partial charge in [0.1, 0.15) is 11.7 Å². The Morgan fingerprint density at radius 1 is 1.70 bits per heavy atom. The van der Waals surface area contributed by atoms with Crippen LogP contribution in [0.4, 0.5) is 0 Å². The van der Waals surface area contributed by atoms with Crippen molar-refractivity contribution in [3.8, 4) is 0 Å². The molecule has 0 aliphatic carbocycles. The molecule has 1 N–H and O–H groups in total. The van der Waals surface area contributed by atoms with Gasteiger partial charge in [-0.2, -0.15) is 20.5 Å². The Bertz CT molecular complexity index is 230. The molecule has 0 saturated heterocycles. The van der Waals surface area contributed by atoms with E-state index in [9.17, 15) is 0 Å². The number of aromatic nitrogens is 3. The Morgan fingerprint density at radius 3 is 3.30 bits per heavy atom. The van der Waals surface area contributed by atoms with Gasteiger partial charge in [0.25, 0.3) is 0 Å². The molecule has 0 bridgehead atoms. The molecule has 10 heavy (non-hydrogen) atoms. The molecule has 1 aliphatic rings. The summed E-state index contributed by atoms with van der Waals surface area (Å²) in [7, 11) is 0. The Hall–Kier alpha value is -0.910. The standard InChI is InChI=1S/C4H5N5S/c1-3(6-8-5-1)4-2-10-9-7-4/h1,4H,2H2,(H,5,6,8). The van der Waals surface area contributed by atoms with Crippen molar-refractivity contribution in [2.75, 3.05) is 5.75 Å². The molecule has 2 rings (SSSR count). The smallest absolute Gasteiger partial charge is 0.128 e. The van der Waals surface area contributed by atoms with Gasteiger partial charge in [-0.25, -0.2) is 0 Å². The van der Waals surface area contributed by atoms with E-state index in [1.54, 1.807) is 6.20 Å². The molecule has 0 spiro atoms. The first-order valence-corrected chi connectivity index (χ1v) is 3.79. The number of hydrogen-bond acceptors (Lipinski definition) is 5. The second-order valence-corrected chi connectivity index (χ2v) is 2.66. The van der Waals surface area contributed by atoms with Crippen molar-refractivity contribution in [3.05, 3.63) is 11.9 Å². The summed E-state index contributed by atoms with van der Waals surface area (Å²) in [6.07, 6.45) is 1.68. The van der Waals surface area contributed by atoms with Crippen LogP contribution >= 0.6 is 11.9 Å². The maximum absolute atomic E-state index is 3.94. The first-order chi connectivity index (χ1) is 4.97. The fourth-order valence-electron chi connectivity index (χ4n) is 0.743. The number of aromatic amines is 1. The molecule has 1 aromatic heterocycles. The van der Waals surface area contributed by atoms with Crippen molar-refractivity contribution in [2.24, 2.45) is 9.63 Å². The summed E-state index contributed by atoms with van der Waals surface area (Å²) >= 11 is 1.46. The Morgan fingerprint density at radius 2 is 2.70 bits per heavy atom. The van der Waals surface area contributed by atoms with Gasteiger partial charge in [-0.15, -0.1) is 4.52 Å². The fourth-order valence-corrected chi connectivity index (χ4v) is 1.37. The molecule has 1 aliphatic heterocycles. The molecule has 2 heterocycles. The first-order valence-electron chi connectivity index (χ1n) is 2.84. The quantitative estimate of drug-likeness (QED) is 0.614. The summed E-state index contributed by atoms with van der Waals surface area (Å²) in [5.41, 5.74) is 0.869. The van der Waals surface area contributed by atoms with Gasteiger partial charge in [-0.3, -0.25) is 0 Å². The Labute approximate surface area is 61.4 Å². The number of nitrogens with zero attached hydrogens (tertiary/aromatic N) is 4. The van der Waals surface area contributed by atoms with E-state index < -0.39 is 0 Å². The maximum Gasteiger partial charge on any atom is 0.128 e. The predicted molar refractivity (Wildman–Crippen MR) is 36.4 cm³/mol. The molecule has 0 fully saturated rings. The first kappa shape index (κ1) is 5.84. The lowest BCUT2D eigenvalue weighted by Gasteiger charge is -1.94. The van der Waals surface area contributed by atoms with Crippen LogP contribution in [0.1, 0.15) is 11.7 Å². The maximum atomic E-state index is 3.94. The van der Waals surface area contributed by atoms with Crippen LogP contribution in [0.15, 0.2) is 15.8 Å². The van der Waals surface area contributed by atoms with E-state index in [4.69, 9.17) is 0 Å². The van der Waals surface area contributed by atoms with Crippen LogP contribution in [0.3, 0.4) is 0 Å². The SMILES string of the molecule is c1n[nH]nc1C1CSN=N1. The van der Waals surface area contributed by atoms with Crippen molar-refractivity contribution < 1.29 is 0 Å². The van der Waals surface area contributed by atoms with E-state index >= 15 is 0 Å². The summed E-state index contributed by atoms with van der Waals surface area (Å²) in [5, 5.41) is 14.1. The Balaban J connectivity index is 2.20. The average molecular weight is 155 g/mol. The number of rotatable bonds is 1. The summed E-state index contributed by atoms with van der Waals surface area (Å²) < 4.78 is 3.78. The predicted octanol–water partition coefficient (Wildman–Crippen LogP) is 0.960. The Kier molecular flexibility index (Phi) is 1.39. The lowest BCUT2D eigenvalue weighted by molar-refractivity contribution is 0.769. The highest BCUT2D eigenvalue weighted by Gasteiger charge is 2.17. The van der Waals surface area contributed by atoms with Crippen LogP contribution < -0.4 is 0 Å². The third-order valence-electron chi connectivity index (χ3n) is 1.25. The van der Waals surface area contributed by atoms with Gasteiger partial charge in [0, 0.05) is 5.75 Å². The second kappa shape index (κ2) is 2.37. The molecular weight excluding hydrogens is 150 g/mol. The molecule has 1 aromatic rings. The molecule has 5 nitrogen and oxygen atoms in total. The van der Waals surface area contributed by atoms with E-state index in [1.165, 1.54) is 11.9 Å². The fraction of sp³-hybridized carbons (Fsp3) is 0.500. The van der Waals surface area contributed by atoms with Crippen molar-refractivity contribution in [2.45, 2.75) is 6.04 Å². The van der Waals surface area contributed by atoms with Crippen molar-refractivity contribution in [3.63, 3.8) is 0 Å². The largest absolute Gasteiger partial charge is 0.198 e. The molecule has 0 radical (unpaired) electrons. The summed E-state index contributed by atoms with van der Waals surface area (Å²) in [4.78, 5) is 0. The molecule has 52 valence electrons. The summed E-state index contributed by atoms with van der Waals surface area (Å²) in [6.45, 7) is 0. The van der Waals surface area contributed by atoms with Crippen LogP contribution in [0.5, 0.6) is 0 Å². The zero-order valence-electron chi connectivity index (χ0n) is 5.06. The van der Waals surface area contributed by atoms with E-state index in [2.05, 4.69) is 25.0 Å². The lowest BCUT2D eigenvalue weighted by atomic mass is 10.3. The van der Waals surface area contributed by atoms with Gasteiger partial charge in [0.05, 0.1) is 6.20 Å². The minimum atomic E-state index is 0.115. The van der Waals surface area contributed by atoms with Crippen LogP contribution in [0.2, 0.25) is 0 Å².